The largest absolute Gasteiger partial charge is 0.493 e. The van der Waals surface area contributed by atoms with Gasteiger partial charge in [0.05, 0.1) is 23.6 Å². The van der Waals surface area contributed by atoms with Gasteiger partial charge >= 0.3 is 0 Å². The Hall–Kier alpha value is -3.24. The zero-order valence-electron chi connectivity index (χ0n) is 16.9. The molecule has 1 heterocycles. The Bertz CT molecular complexity index is 1030. The van der Waals surface area contributed by atoms with Gasteiger partial charge < -0.3 is 9.47 Å². The van der Waals surface area contributed by atoms with E-state index >= 15 is 0 Å². The first kappa shape index (κ1) is 21.5. The van der Waals surface area contributed by atoms with Gasteiger partial charge in [0.2, 0.25) is 0 Å². The van der Waals surface area contributed by atoms with Gasteiger partial charge in [-0.3, -0.25) is 14.5 Å². The lowest BCUT2D eigenvalue weighted by atomic mass is 10.1. The molecule has 2 aromatic carbocycles. The number of nitriles is 1. The van der Waals surface area contributed by atoms with Gasteiger partial charge in [-0.1, -0.05) is 37.6 Å². The molecule has 1 saturated heterocycles. The SMILES string of the molecule is CCCCN1C(=O)S/C(=C\c2ccc(OCc3ccccc3C#N)c(OC)c2)C1=O. The fourth-order valence-corrected chi connectivity index (χ4v) is 3.83. The second-order valence-electron chi connectivity index (χ2n) is 6.65. The zero-order valence-corrected chi connectivity index (χ0v) is 17.7. The van der Waals surface area contributed by atoms with Crippen molar-refractivity contribution in [2.24, 2.45) is 0 Å². The fraction of sp³-hybridized carbons (Fsp3) is 0.261. The summed E-state index contributed by atoms with van der Waals surface area (Å²) in [5, 5.41) is 8.97. The van der Waals surface area contributed by atoms with E-state index in [4.69, 9.17) is 9.47 Å². The molecule has 1 aliphatic rings. The zero-order chi connectivity index (χ0) is 21.5. The normalized spacial score (nSPS) is 14.8. The van der Waals surface area contributed by atoms with Gasteiger partial charge in [0.25, 0.3) is 11.1 Å². The topological polar surface area (TPSA) is 79.6 Å². The number of carbonyl (C=O) groups is 2. The van der Waals surface area contributed by atoms with Crippen molar-refractivity contribution in [2.45, 2.75) is 26.4 Å². The summed E-state index contributed by atoms with van der Waals surface area (Å²) >= 11 is 0.952. The number of hydrogen-bond donors (Lipinski definition) is 0. The van der Waals surface area contributed by atoms with E-state index in [-0.39, 0.29) is 17.8 Å². The van der Waals surface area contributed by atoms with Crippen LogP contribution in [0.5, 0.6) is 11.5 Å². The number of imide groups is 1. The van der Waals surface area contributed by atoms with Crippen LogP contribution in [-0.2, 0) is 11.4 Å². The molecule has 1 fully saturated rings. The molecule has 30 heavy (non-hydrogen) atoms. The Balaban J connectivity index is 1.76. The van der Waals surface area contributed by atoms with Crippen molar-refractivity contribution < 1.29 is 19.1 Å². The summed E-state index contributed by atoms with van der Waals surface area (Å²) in [6.07, 6.45) is 3.40. The van der Waals surface area contributed by atoms with E-state index in [1.54, 1.807) is 36.4 Å². The standard InChI is InChI=1S/C23H22N2O4S/c1-3-4-11-25-22(26)21(30-23(25)27)13-16-9-10-19(20(12-16)28-2)29-15-18-8-6-5-7-17(18)14-24/h5-10,12-13H,3-4,11,15H2,1-2H3/b21-13-. The Morgan fingerprint density at radius 1 is 1.17 bits per heavy atom. The van der Waals surface area contributed by atoms with E-state index in [0.29, 0.717) is 28.5 Å². The van der Waals surface area contributed by atoms with Gasteiger partial charge in [-0.2, -0.15) is 5.26 Å². The molecule has 0 spiro atoms. The molecule has 0 radical (unpaired) electrons. The summed E-state index contributed by atoms with van der Waals surface area (Å²) in [6.45, 7) is 2.69. The van der Waals surface area contributed by atoms with Crippen LogP contribution < -0.4 is 9.47 Å². The maximum absolute atomic E-state index is 12.5. The highest BCUT2D eigenvalue weighted by Gasteiger charge is 2.34. The molecule has 1 aliphatic heterocycles. The lowest BCUT2D eigenvalue weighted by Crippen LogP contribution is -2.29. The minimum Gasteiger partial charge on any atom is -0.493 e. The van der Waals surface area contributed by atoms with Crippen molar-refractivity contribution >= 4 is 29.0 Å². The molecule has 6 nitrogen and oxygen atoms in total. The molecule has 0 aromatic heterocycles. The Labute approximate surface area is 180 Å². The van der Waals surface area contributed by atoms with Crippen LogP contribution in [0.1, 0.15) is 36.5 Å². The number of carbonyl (C=O) groups excluding carboxylic acids is 2. The van der Waals surface area contributed by atoms with Crippen LogP contribution in [0.15, 0.2) is 47.4 Å². The molecule has 7 heteroatoms. The van der Waals surface area contributed by atoms with Crippen molar-refractivity contribution in [1.29, 1.82) is 5.26 Å². The first-order valence-corrected chi connectivity index (χ1v) is 10.4. The average molecular weight is 423 g/mol. The molecular formula is C23H22N2O4S. The van der Waals surface area contributed by atoms with Crippen LogP contribution in [0, 0.1) is 11.3 Å². The van der Waals surface area contributed by atoms with Gasteiger partial charge in [0, 0.05) is 12.1 Å². The molecule has 2 aromatic rings. The molecule has 3 rings (SSSR count). The van der Waals surface area contributed by atoms with Crippen LogP contribution in [0.2, 0.25) is 0 Å². The van der Waals surface area contributed by atoms with E-state index in [9.17, 15) is 14.9 Å². The molecule has 2 amide bonds. The highest BCUT2D eigenvalue weighted by molar-refractivity contribution is 8.18. The number of thioether (sulfide) groups is 1. The Kier molecular flexibility index (Phi) is 7.15. The van der Waals surface area contributed by atoms with Crippen molar-refractivity contribution in [3.8, 4) is 17.6 Å². The second-order valence-corrected chi connectivity index (χ2v) is 7.65. The predicted octanol–water partition coefficient (Wildman–Crippen LogP) is 4.98. The number of benzene rings is 2. The number of rotatable bonds is 8. The predicted molar refractivity (Wildman–Crippen MR) is 116 cm³/mol. The monoisotopic (exact) mass is 422 g/mol. The number of amides is 2. The van der Waals surface area contributed by atoms with Gasteiger partial charge in [-0.15, -0.1) is 0 Å². The lowest BCUT2D eigenvalue weighted by Gasteiger charge is -2.12. The third kappa shape index (κ3) is 4.84. The second kappa shape index (κ2) is 9.99. The fourth-order valence-electron chi connectivity index (χ4n) is 2.96. The summed E-state index contributed by atoms with van der Waals surface area (Å²) in [6, 6.07) is 14.7. The highest BCUT2D eigenvalue weighted by Crippen LogP contribution is 2.35. The van der Waals surface area contributed by atoms with Crippen molar-refractivity contribution in [3.63, 3.8) is 0 Å². The molecule has 0 aliphatic carbocycles. The summed E-state index contributed by atoms with van der Waals surface area (Å²) in [4.78, 5) is 26.3. The van der Waals surface area contributed by atoms with E-state index in [1.807, 2.05) is 19.1 Å². The number of unbranched alkanes of at least 4 members (excludes halogenated alkanes) is 1. The highest BCUT2D eigenvalue weighted by atomic mass is 32.2. The first-order valence-electron chi connectivity index (χ1n) is 9.61. The molecule has 0 atom stereocenters. The molecule has 154 valence electrons. The maximum atomic E-state index is 12.5. The molecule has 0 saturated carbocycles. The third-order valence-electron chi connectivity index (χ3n) is 4.62. The molecule has 0 bridgehead atoms. The van der Waals surface area contributed by atoms with Crippen molar-refractivity contribution in [3.05, 3.63) is 64.1 Å². The van der Waals surface area contributed by atoms with Crippen molar-refractivity contribution in [2.75, 3.05) is 13.7 Å². The molecular weight excluding hydrogens is 400 g/mol. The Morgan fingerprint density at radius 3 is 2.70 bits per heavy atom. The van der Waals surface area contributed by atoms with E-state index < -0.39 is 0 Å². The number of methoxy groups -OCH3 is 1. The van der Waals surface area contributed by atoms with E-state index in [0.717, 1.165) is 35.7 Å². The molecule has 0 N–H and O–H groups in total. The summed E-state index contributed by atoms with van der Waals surface area (Å²) in [5.74, 6) is 0.771. The number of hydrogen-bond acceptors (Lipinski definition) is 6. The number of ether oxygens (including phenoxy) is 2. The van der Waals surface area contributed by atoms with E-state index in [2.05, 4.69) is 6.07 Å². The van der Waals surface area contributed by atoms with Crippen LogP contribution in [0.4, 0.5) is 4.79 Å². The van der Waals surface area contributed by atoms with E-state index in [1.165, 1.54) is 12.0 Å². The van der Waals surface area contributed by atoms with Crippen LogP contribution in [-0.4, -0.2) is 29.7 Å². The Morgan fingerprint density at radius 2 is 1.97 bits per heavy atom. The minimum absolute atomic E-state index is 0.232. The maximum Gasteiger partial charge on any atom is 0.293 e. The third-order valence-corrected chi connectivity index (χ3v) is 5.52. The van der Waals surface area contributed by atoms with Crippen LogP contribution >= 0.6 is 11.8 Å². The summed E-state index contributed by atoms with van der Waals surface area (Å²) in [7, 11) is 1.54. The lowest BCUT2D eigenvalue weighted by molar-refractivity contribution is -0.122. The van der Waals surface area contributed by atoms with Crippen LogP contribution in [0.25, 0.3) is 6.08 Å². The van der Waals surface area contributed by atoms with Crippen molar-refractivity contribution in [1.82, 2.24) is 4.90 Å². The average Bonchev–Trinajstić information content (AvgIpc) is 3.03. The van der Waals surface area contributed by atoms with Gasteiger partial charge in [0.1, 0.15) is 6.61 Å². The quantitative estimate of drug-likeness (QED) is 0.558. The first-order chi connectivity index (χ1) is 14.6. The minimum atomic E-state index is -0.258. The summed E-state index contributed by atoms with van der Waals surface area (Å²) in [5.41, 5.74) is 2.08. The van der Waals surface area contributed by atoms with Gasteiger partial charge in [-0.25, -0.2) is 0 Å². The van der Waals surface area contributed by atoms with Gasteiger partial charge in [0.15, 0.2) is 11.5 Å². The molecule has 0 unspecified atom stereocenters. The summed E-state index contributed by atoms with van der Waals surface area (Å²) < 4.78 is 11.3. The van der Waals surface area contributed by atoms with Gasteiger partial charge in [-0.05, 0) is 48.0 Å². The van der Waals surface area contributed by atoms with Crippen LogP contribution in [0.3, 0.4) is 0 Å². The number of nitrogens with zero attached hydrogens (tertiary/aromatic N) is 2. The smallest absolute Gasteiger partial charge is 0.293 e.